The topological polar surface area (TPSA) is 98.6 Å². The molecule has 140 valence electrons. The fourth-order valence-electron chi connectivity index (χ4n) is 2.60. The zero-order valence-electron chi connectivity index (χ0n) is 15.2. The van der Waals surface area contributed by atoms with Crippen molar-refractivity contribution in [1.29, 1.82) is 0 Å². The second kappa shape index (κ2) is 8.08. The number of benzene rings is 2. The predicted molar refractivity (Wildman–Crippen MR) is 104 cm³/mol. The maximum atomic E-state index is 12.0. The fourth-order valence-corrected chi connectivity index (χ4v) is 2.78. The molecule has 0 aromatic heterocycles. The summed E-state index contributed by atoms with van der Waals surface area (Å²) in [7, 11) is 0. The number of ether oxygens (including phenoxy) is 1. The summed E-state index contributed by atoms with van der Waals surface area (Å²) in [6.45, 7) is 5.42. The van der Waals surface area contributed by atoms with Crippen LogP contribution in [0.25, 0.3) is 0 Å². The number of hydrogen-bond acceptors (Lipinski definition) is 5. The second-order valence-electron chi connectivity index (χ2n) is 7.24. The number of nitrogens with two attached hydrogens (primary N) is 2. The molecule has 0 radical (unpaired) electrons. The monoisotopic (exact) mass is 376 g/mol. The third-order valence-corrected chi connectivity index (χ3v) is 4.04. The van der Waals surface area contributed by atoms with Gasteiger partial charge >= 0.3 is 5.97 Å². The first-order valence-corrected chi connectivity index (χ1v) is 8.75. The molecule has 0 amide bonds. The van der Waals surface area contributed by atoms with Crippen molar-refractivity contribution in [3.8, 4) is 0 Å². The molecule has 5 nitrogen and oxygen atoms in total. The highest BCUT2D eigenvalue weighted by Gasteiger charge is 2.21. The Hall–Kier alpha value is -2.08. The lowest BCUT2D eigenvalue weighted by atomic mass is 9.95. The van der Waals surface area contributed by atoms with E-state index in [1.165, 1.54) is 0 Å². The minimum absolute atomic E-state index is 0.0517. The highest BCUT2D eigenvalue weighted by molar-refractivity contribution is 6.30. The van der Waals surface area contributed by atoms with Crippen molar-refractivity contribution in [3.63, 3.8) is 0 Å². The molecule has 2 aromatic rings. The molecule has 6 heteroatoms. The van der Waals surface area contributed by atoms with Crippen LogP contribution in [-0.4, -0.2) is 16.7 Å². The van der Waals surface area contributed by atoms with Crippen LogP contribution in [0.2, 0.25) is 5.02 Å². The quantitative estimate of drug-likeness (QED) is 0.545. The number of carbonyl (C=O) groups excluding carboxylic acids is 1. The molecule has 0 saturated carbocycles. The normalized spacial score (nSPS) is 13.9. The summed E-state index contributed by atoms with van der Waals surface area (Å²) in [6, 6.07) is 11.5. The number of rotatable bonds is 5. The zero-order chi connectivity index (χ0) is 19.5. The van der Waals surface area contributed by atoms with E-state index in [2.05, 4.69) is 0 Å². The van der Waals surface area contributed by atoms with E-state index in [-0.39, 0.29) is 12.4 Å². The van der Waals surface area contributed by atoms with Crippen molar-refractivity contribution in [2.75, 3.05) is 5.73 Å². The van der Waals surface area contributed by atoms with Gasteiger partial charge in [0.1, 0.15) is 11.7 Å². The van der Waals surface area contributed by atoms with Gasteiger partial charge in [0.15, 0.2) is 0 Å². The van der Waals surface area contributed by atoms with Gasteiger partial charge in [-0.25, -0.2) is 0 Å². The number of esters is 1. The molecule has 0 saturated heterocycles. The number of aliphatic hydroxyl groups is 1. The summed E-state index contributed by atoms with van der Waals surface area (Å²) in [5, 5.41) is 11.2. The maximum absolute atomic E-state index is 12.0. The van der Waals surface area contributed by atoms with Gasteiger partial charge in [0.25, 0.3) is 0 Å². The third-order valence-electron chi connectivity index (χ3n) is 3.80. The number of nitrogen functional groups attached to an aromatic ring is 1. The lowest BCUT2D eigenvalue weighted by Crippen LogP contribution is -2.26. The minimum atomic E-state index is -0.942. The Morgan fingerprint density at radius 1 is 1.19 bits per heavy atom. The Kier molecular flexibility index (Phi) is 6.29. The van der Waals surface area contributed by atoms with Crippen LogP contribution >= 0.6 is 11.6 Å². The molecule has 2 atom stereocenters. The SMILES string of the molecule is CC(C)(C)OC(=O)CC(N)c1cccc(C(O)c2cc(Cl)ccc2N)c1. The van der Waals surface area contributed by atoms with Crippen molar-refractivity contribution in [3.05, 3.63) is 64.2 Å². The summed E-state index contributed by atoms with van der Waals surface area (Å²) in [6.07, 6.45) is -0.891. The Balaban J connectivity index is 2.19. The van der Waals surface area contributed by atoms with Crippen LogP contribution in [0.4, 0.5) is 5.69 Å². The van der Waals surface area contributed by atoms with Gasteiger partial charge in [-0.05, 0) is 50.1 Å². The highest BCUT2D eigenvalue weighted by atomic mass is 35.5. The van der Waals surface area contributed by atoms with Crippen LogP contribution < -0.4 is 11.5 Å². The van der Waals surface area contributed by atoms with Crippen molar-refractivity contribution in [1.82, 2.24) is 0 Å². The molecule has 0 spiro atoms. The average molecular weight is 377 g/mol. The molecule has 0 aliphatic carbocycles. The number of halogens is 1. The van der Waals surface area contributed by atoms with Crippen LogP contribution in [0.1, 0.15) is 56.0 Å². The summed E-state index contributed by atoms with van der Waals surface area (Å²) in [5.41, 5.74) is 13.9. The first kappa shape index (κ1) is 20.2. The average Bonchev–Trinajstić information content (AvgIpc) is 2.54. The van der Waals surface area contributed by atoms with E-state index < -0.39 is 17.7 Å². The number of anilines is 1. The molecule has 2 unspecified atom stereocenters. The Morgan fingerprint density at radius 3 is 2.50 bits per heavy atom. The number of aliphatic hydroxyl groups excluding tert-OH is 1. The Morgan fingerprint density at radius 2 is 1.85 bits per heavy atom. The van der Waals surface area contributed by atoms with Gasteiger partial charge < -0.3 is 21.3 Å². The largest absolute Gasteiger partial charge is 0.460 e. The van der Waals surface area contributed by atoms with Gasteiger partial charge in [0.05, 0.1) is 6.42 Å². The van der Waals surface area contributed by atoms with Gasteiger partial charge in [-0.1, -0.05) is 35.9 Å². The van der Waals surface area contributed by atoms with Gasteiger partial charge in [0.2, 0.25) is 0 Å². The second-order valence-corrected chi connectivity index (χ2v) is 7.68. The molecular formula is C20H25ClN2O3. The summed E-state index contributed by atoms with van der Waals surface area (Å²) in [5.74, 6) is -0.366. The van der Waals surface area contributed by atoms with E-state index in [0.717, 1.165) is 5.56 Å². The lowest BCUT2D eigenvalue weighted by molar-refractivity contribution is -0.155. The van der Waals surface area contributed by atoms with Crippen LogP contribution in [0, 0.1) is 0 Å². The van der Waals surface area contributed by atoms with E-state index in [4.69, 9.17) is 27.8 Å². The molecule has 2 rings (SSSR count). The van der Waals surface area contributed by atoms with Gasteiger partial charge in [-0.15, -0.1) is 0 Å². The van der Waals surface area contributed by atoms with E-state index in [0.29, 0.717) is 21.8 Å². The van der Waals surface area contributed by atoms with E-state index in [1.807, 2.05) is 26.8 Å². The van der Waals surface area contributed by atoms with E-state index in [1.54, 1.807) is 36.4 Å². The molecule has 26 heavy (non-hydrogen) atoms. The lowest BCUT2D eigenvalue weighted by Gasteiger charge is -2.21. The van der Waals surface area contributed by atoms with E-state index in [9.17, 15) is 9.90 Å². The predicted octanol–water partition coefficient (Wildman–Crippen LogP) is 3.74. The van der Waals surface area contributed by atoms with Crippen LogP contribution in [0.3, 0.4) is 0 Å². The molecule has 0 aliphatic heterocycles. The fraction of sp³-hybridized carbons (Fsp3) is 0.350. The summed E-state index contributed by atoms with van der Waals surface area (Å²) < 4.78 is 5.31. The highest BCUT2D eigenvalue weighted by Crippen LogP contribution is 2.30. The molecule has 0 heterocycles. The number of carbonyl (C=O) groups is 1. The third kappa shape index (κ3) is 5.46. The molecular weight excluding hydrogens is 352 g/mol. The van der Waals surface area contributed by atoms with Gasteiger partial charge in [0, 0.05) is 22.3 Å². The van der Waals surface area contributed by atoms with Crippen LogP contribution in [0.5, 0.6) is 0 Å². The molecule has 2 aromatic carbocycles. The number of hydrogen-bond donors (Lipinski definition) is 3. The van der Waals surface area contributed by atoms with Crippen molar-refractivity contribution < 1.29 is 14.6 Å². The van der Waals surface area contributed by atoms with Crippen molar-refractivity contribution >= 4 is 23.3 Å². The summed E-state index contributed by atoms with van der Waals surface area (Å²) in [4.78, 5) is 12.0. The molecule has 0 bridgehead atoms. The Labute approximate surface area is 158 Å². The van der Waals surface area contributed by atoms with Gasteiger partial charge in [-0.2, -0.15) is 0 Å². The smallest absolute Gasteiger partial charge is 0.308 e. The van der Waals surface area contributed by atoms with Crippen molar-refractivity contribution in [2.45, 2.75) is 44.9 Å². The Bertz CT molecular complexity index is 787. The molecule has 0 aliphatic rings. The molecule has 5 N–H and O–H groups in total. The minimum Gasteiger partial charge on any atom is -0.460 e. The van der Waals surface area contributed by atoms with Crippen LogP contribution in [-0.2, 0) is 9.53 Å². The molecule has 0 fully saturated rings. The van der Waals surface area contributed by atoms with Crippen molar-refractivity contribution in [2.24, 2.45) is 5.73 Å². The van der Waals surface area contributed by atoms with Crippen LogP contribution in [0.15, 0.2) is 42.5 Å². The van der Waals surface area contributed by atoms with Gasteiger partial charge in [-0.3, -0.25) is 4.79 Å². The zero-order valence-corrected chi connectivity index (χ0v) is 16.0. The standard InChI is InChI=1S/C20H25ClN2O3/c1-20(2,3)26-18(24)11-17(23)12-5-4-6-13(9-12)19(25)15-10-14(21)7-8-16(15)22/h4-10,17,19,25H,11,22-23H2,1-3H3. The van der Waals surface area contributed by atoms with E-state index >= 15 is 0 Å². The summed E-state index contributed by atoms with van der Waals surface area (Å²) >= 11 is 6.00. The first-order chi connectivity index (χ1) is 12.1. The maximum Gasteiger partial charge on any atom is 0.308 e. The first-order valence-electron chi connectivity index (χ1n) is 8.37.